The van der Waals surface area contributed by atoms with Crippen LogP contribution in [0.4, 0.5) is 0 Å². The SMILES string of the molecule is CC(=O)c1ccc(S(=O)(=O)N2CCC(C(=O)NCCCn3cnc4ccccc43)CC2)cc1. The lowest BCUT2D eigenvalue weighted by molar-refractivity contribution is -0.126. The van der Waals surface area contributed by atoms with Crippen LogP contribution in [0.2, 0.25) is 0 Å². The molecule has 0 atom stereocenters. The Balaban J connectivity index is 1.24. The van der Waals surface area contributed by atoms with Crippen molar-refractivity contribution in [3.8, 4) is 0 Å². The predicted molar refractivity (Wildman–Crippen MR) is 125 cm³/mol. The molecule has 1 aliphatic rings. The van der Waals surface area contributed by atoms with Gasteiger partial charge in [0.1, 0.15) is 0 Å². The van der Waals surface area contributed by atoms with Crippen LogP contribution in [0.3, 0.4) is 0 Å². The number of rotatable bonds is 8. The Hall–Kier alpha value is -3.04. The number of aromatic nitrogens is 2. The van der Waals surface area contributed by atoms with Gasteiger partial charge in [-0.05, 0) is 50.5 Å². The summed E-state index contributed by atoms with van der Waals surface area (Å²) < 4.78 is 29.3. The van der Waals surface area contributed by atoms with Gasteiger partial charge < -0.3 is 9.88 Å². The number of carbonyl (C=O) groups excluding carboxylic acids is 2. The highest BCUT2D eigenvalue weighted by molar-refractivity contribution is 7.89. The number of Topliss-reactive ketones (excluding diaryl/α,β-unsaturated/α-hetero) is 1. The zero-order valence-corrected chi connectivity index (χ0v) is 19.4. The highest BCUT2D eigenvalue weighted by Crippen LogP contribution is 2.24. The van der Waals surface area contributed by atoms with Gasteiger partial charge in [0.25, 0.3) is 0 Å². The highest BCUT2D eigenvalue weighted by Gasteiger charge is 2.32. The van der Waals surface area contributed by atoms with Gasteiger partial charge in [-0.3, -0.25) is 9.59 Å². The van der Waals surface area contributed by atoms with Gasteiger partial charge in [-0.25, -0.2) is 13.4 Å². The lowest BCUT2D eigenvalue weighted by atomic mass is 9.97. The van der Waals surface area contributed by atoms with E-state index in [1.54, 1.807) is 0 Å². The second-order valence-electron chi connectivity index (χ2n) is 8.33. The molecule has 1 aliphatic heterocycles. The molecule has 1 N–H and O–H groups in total. The van der Waals surface area contributed by atoms with Gasteiger partial charge in [0.05, 0.1) is 22.3 Å². The van der Waals surface area contributed by atoms with Crippen molar-refractivity contribution in [2.75, 3.05) is 19.6 Å². The molecule has 33 heavy (non-hydrogen) atoms. The summed E-state index contributed by atoms with van der Waals surface area (Å²) in [4.78, 5) is 28.5. The number of hydrogen-bond donors (Lipinski definition) is 1. The van der Waals surface area contributed by atoms with Crippen molar-refractivity contribution >= 4 is 32.7 Å². The molecule has 174 valence electrons. The van der Waals surface area contributed by atoms with Crippen molar-refractivity contribution in [1.82, 2.24) is 19.2 Å². The normalized spacial score (nSPS) is 15.5. The first-order chi connectivity index (χ1) is 15.9. The van der Waals surface area contributed by atoms with Crippen LogP contribution in [0, 0.1) is 5.92 Å². The average molecular weight is 469 g/mol. The second-order valence-corrected chi connectivity index (χ2v) is 10.3. The Morgan fingerprint density at radius 1 is 1.06 bits per heavy atom. The number of ketones is 1. The molecule has 0 unspecified atom stereocenters. The monoisotopic (exact) mass is 468 g/mol. The fraction of sp³-hybridized carbons (Fsp3) is 0.375. The summed E-state index contributed by atoms with van der Waals surface area (Å²) in [6.07, 6.45) is 3.58. The average Bonchev–Trinajstić information content (AvgIpc) is 3.25. The molecule has 9 heteroatoms. The summed E-state index contributed by atoms with van der Waals surface area (Å²) in [5, 5.41) is 2.99. The molecule has 0 aliphatic carbocycles. The van der Waals surface area contributed by atoms with Crippen LogP contribution in [-0.2, 0) is 21.4 Å². The largest absolute Gasteiger partial charge is 0.356 e. The summed E-state index contributed by atoms with van der Waals surface area (Å²) in [5.74, 6) is -0.317. The molecule has 8 nitrogen and oxygen atoms in total. The highest BCUT2D eigenvalue weighted by atomic mass is 32.2. The molecule has 0 spiro atoms. The van der Waals surface area contributed by atoms with E-state index in [0.717, 1.165) is 24.0 Å². The Kier molecular flexibility index (Phi) is 6.90. The summed E-state index contributed by atoms with van der Waals surface area (Å²) in [5.41, 5.74) is 2.51. The summed E-state index contributed by atoms with van der Waals surface area (Å²) >= 11 is 0. The number of fused-ring (bicyclic) bond motifs is 1. The first-order valence-corrected chi connectivity index (χ1v) is 12.6. The van der Waals surface area contributed by atoms with Gasteiger partial charge in [0.15, 0.2) is 5.78 Å². The minimum absolute atomic E-state index is 0.0200. The summed E-state index contributed by atoms with van der Waals surface area (Å²) in [6, 6.07) is 13.9. The third-order valence-electron chi connectivity index (χ3n) is 6.13. The van der Waals surface area contributed by atoms with Crippen LogP contribution in [0.25, 0.3) is 11.0 Å². The zero-order valence-electron chi connectivity index (χ0n) is 18.6. The molecule has 0 radical (unpaired) electrons. The van der Waals surface area contributed by atoms with E-state index < -0.39 is 10.0 Å². The first kappa shape index (κ1) is 23.1. The Labute approximate surface area is 193 Å². The van der Waals surface area contributed by atoms with Gasteiger partial charge >= 0.3 is 0 Å². The molecular weight excluding hydrogens is 440 g/mol. The van der Waals surface area contributed by atoms with Crippen molar-refractivity contribution in [3.63, 3.8) is 0 Å². The van der Waals surface area contributed by atoms with Crippen molar-refractivity contribution < 1.29 is 18.0 Å². The van der Waals surface area contributed by atoms with Crippen LogP contribution in [-0.4, -0.2) is 53.6 Å². The molecule has 1 fully saturated rings. The number of para-hydroxylation sites is 2. The minimum Gasteiger partial charge on any atom is -0.356 e. The van der Waals surface area contributed by atoms with E-state index >= 15 is 0 Å². The molecule has 1 aromatic heterocycles. The van der Waals surface area contributed by atoms with E-state index in [2.05, 4.69) is 14.9 Å². The first-order valence-electron chi connectivity index (χ1n) is 11.1. The number of carbonyl (C=O) groups is 2. The van der Waals surface area contributed by atoms with Crippen LogP contribution >= 0.6 is 0 Å². The summed E-state index contributed by atoms with van der Waals surface area (Å²) in [6.45, 7) is 3.37. The van der Waals surface area contributed by atoms with E-state index in [1.165, 1.54) is 35.5 Å². The fourth-order valence-electron chi connectivity index (χ4n) is 4.16. The number of benzene rings is 2. The lowest BCUT2D eigenvalue weighted by Gasteiger charge is -2.30. The third kappa shape index (κ3) is 5.15. The van der Waals surface area contributed by atoms with Gasteiger partial charge in [-0.2, -0.15) is 4.31 Å². The number of nitrogens with one attached hydrogen (secondary N) is 1. The van der Waals surface area contributed by atoms with Crippen molar-refractivity contribution in [2.45, 2.75) is 37.6 Å². The third-order valence-corrected chi connectivity index (χ3v) is 8.04. The van der Waals surface area contributed by atoms with E-state index in [-0.39, 0.29) is 22.5 Å². The Bertz CT molecular complexity index is 1240. The maximum Gasteiger partial charge on any atom is 0.243 e. The fourth-order valence-corrected chi connectivity index (χ4v) is 5.63. The van der Waals surface area contributed by atoms with Crippen LogP contribution in [0.5, 0.6) is 0 Å². The molecule has 3 aromatic rings. The Morgan fingerprint density at radius 3 is 2.45 bits per heavy atom. The van der Waals surface area contributed by atoms with Crippen molar-refractivity contribution in [2.24, 2.45) is 5.92 Å². The number of aryl methyl sites for hydroxylation is 1. The van der Waals surface area contributed by atoms with Crippen molar-refractivity contribution in [3.05, 3.63) is 60.4 Å². The second kappa shape index (κ2) is 9.84. The molecule has 2 heterocycles. The minimum atomic E-state index is -3.64. The van der Waals surface area contributed by atoms with Crippen LogP contribution in [0.1, 0.15) is 36.5 Å². The zero-order chi connectivity index (χ0) is 23.4. The van der Waals surface area contributed by atoms with Crippen molar-refractivity contribution in [1.29, 1.82) is 0 Å². The van der Waals surface area contributed by atoms with Gasteiger partial charge in [0.2, 0.25) is 15.9 Å². The maximum absolute atomic E-state index is 12.9. The number of sulfonamides is 1. The quantitative estimate of drug-likeness (QED) is 0.405. The number of hydrogen-bond acceptors (Lipinski definition) is 5. The number of nitrogens with zero attached hydrogens (tertiary/aromatic N) is 3. The standard InChI is InChI=1S/C24H28N4O4S/c1-18(29)19-7-9-21(10-8-19)33(31,32)28-15-11-20(12-16-28)24(30)25-13-4-14-27-17-26-22-5-2-3-6-23(22)27/h2-3,5-10,17,20H,4,11-16H2,1H3,(H,25,30). The molecule has 0 saturated carbocycles. The molecule has 1 amide bonds. The molecule has 4 rings (SSSR count). The molecule has 2 aromatic carbocycles. The van der Waals surface area contributed by atoms with Crippen LogP contribution < -0.4 is 5.32 Å². The summed E-state index contributed by atoms with van der Waals surface area (Å²) in [7, 11) is -3.64. The topological polar surface area (TPSA) is 101 Å². The van der Waals surface area contributed by atoms with Crippen LogP contribution in [0.15, 0.2) is 59.8 Å². The van der Waals surface area contributed by atoms with Gasteiger partial charge in [-0.15, -0.1) is 0 Å². The predicted octanol–water partition coefficient (Wildman–Crippen LogP) is 2.85. The molecular formula is C24H28N4O4S. The van der Waals surface area contributed by atoms with E-state index in [0.29, 0.717) is 38.0 Å². The number of piperidine rings is 1. The number of imidazole rings is 1. The van der Waals surface area contributed by atoms with E-state index in [4.69, 9.17) is 0 Å². The lowest BCUT2D eigenvalue weighted by Crippen LogP contribution is -2.43. The maximum atomic E-state index is 12.9. The Morgan fingerprint density at radius 2 is 1.76 bits per heavy atom. The smallest absolute Gasteiger partial charge is 0.243 e. The number of amides is 1. The van der Waals surface area contributed by atoms with E-state index in [1.807, 2.05) is 30.6 Å². The molecule has 1 saturated heterocycles. The molecule has 0 bridgehead atoms. The van der Waals surface area contributed by atoms with Gasteiger partial charge in [-0.1, -0.05) is 24.3 Å². The van der Waals surface area contributed by atoms with E-state index in [9.17, 15) is 18.0 Å². The van der Waals surface area contributed by atoms with Gasteiger partial charge in [0, 0.05) is 37.7 Å².